The highest BCUT2D eigenvalue weighted by Gasteiger charge is 2.19. The van der Waals surface area contributed by atoms with Crippen molar-refractivity contribution < 1.29 is 28.6 Å². The van der Waals surface area contributed by atoms with E-state index in [9.17, 15) is 14.4 Å². The molecule has 0 aromatic heterocycles. The predicted octanol–water partition coefficient (Wildman–Crippen LogP) is 20.0. The molecule has 0 amide bonds. The number of unbranched alkanes of at least 4 members (excludes halogenated alkanes) is 33. The quantitative estimate of drug-likeness (QED) is 0.0262. The van der Waals surface area contributed by atoms with Crippen LogP contribution in [0.15, 0.2) is 60.8 Å². The van der Waals surface area contributed by atoms with Crippen molar-refractivity contribution in [1.82, 2.24) is 0 Å². The fraction of sp³-hybridized carbons (Fsp3) is 0.794. The zero-order valence-electron chi connectivity index (χ0n) is 45.8. The lowest BCUT2D eigenvalue weighted by atomic mass is 10.0. The maximum Gasteiger partial charge on any atom is 0.306 e. The molecule has 0 heterocycles. The fourth-order valence-corrected chi connectivity index (χ4v) is 8.48. The zero-order chi connectivity index (χ0) is 50.0. The third-order valence-corrected chi connectivity index (χ3v) is 13.0. The van der Waals surface area contributed by atoms with Crippen LogP contribution in [0.5, 0.6) is 0 Å². The van der Waals surface area contributed by atoms with E-state index in [1.165, 1.54) is 167 Å². The van der Waals surface area contributed by atoms with Crippen molar-refractivity contribution in [2.24, 2.45) is 0 Å². The van der Waals surface area contributed by atoms with Gasteiger partial charge in [0.25, 0.3) is 0 Å². The number of hydrogen-bond donors (Lipinski definition) is 0. The summed E-state index contributed by atoms with van der Waals surface area (Å²) >= 11 is 0. The third kappa shape index (κ3) is 55.9. The van der Waals surface area contributed by atoms with E-state index >= 15 is 0 Å². The lowest BCUT2D eigenvalue weighted by molar-refractivity contribution is -0.167. The van der Waals surface area contributed by atoms with Gasteiger partial charge in [0.2, 0.25) is 0 Å². The van der Waals surface area contributed by atoms with Crippen LogP contribution in [0.1, 0.15) is 303 Å². The summed E-state index contributed by atoms with van der Waals surface area (Å²) in [6.07, 6.45) is 72.0. The molecule has 0 spiro atoms. The van der Waals surface area contributed by atoms with Crippen molar-refractivity contribution in [1.29, 1.82) is 0 Å². The van der Waals surface area contributed by atoms with Crippen molar-refractivity contribution in [2.45, 2.75) is 309 Å². The van der Waals surface area contributed by atoms with Gasteiger partial charge in [0.15, 0.2) is 6.10 Å². The van der Waals surface area contributed by atoms with Gasteiger partial charge >= 0.3 is 17.9 Å². The SMILES string of the molecule is CCCCC/C=C\C/C=C\C/C=C\CCCCCCCCC(=O)OC[C@@H](COC(=O)CCCCCCC/C=C\C/C=C\CCCCC)OC(=O)CCCCCCCCCCCCCCCCCCC. The first kappa shape index (κ1) is 66.1. The molecule has 0 N–H and O–H groups in total. The maximum absolute atomic E-state index is 12.9. The minimum Gasteiger partial charge on any atom is -0.462 e. The Bertz CT molecular complexity index is 1250. The number of hydrogen-bond acceptors (Lipinski definition) is 6. The van der Waals surface area contributed by atoms with Gasteiger partial charge in [-0.3, -0.25) is 14.4 Å². The average molecular weight is 966 g/mol. The summed E-state index contributed by atoms with van der Waals surface area (Å²) in [4.78, 5) is 38.2. The number of allylic oxidation sites excluding steroid dienone is 10. The molecule has 0 radical (unpaired) electrons. The second-order valence-corrected chi connectivity index (χ2v) is 19.9. The van der Waals surface area contributed by atoms with Crippen LogP contribution in [0.25, 0.3) is 0 Å². The Morgan fingerprint density at radius 2 is 0.522 bits per heavy atom. The number of carbonyl (C=O) groups excluding carboxylic acids is 3. The topological polar surface area (TPSA) is 78.9 Å². The molecule has 0 saturated heterocycles. The molecule has 0 rings (SSSR count). The van der Waals surface area contributed by atoms with Crippen molar-refractivity contribution in [2.75, 3.05) is 13.2 Å². The zero-order valence-corrected chi connectivity index (χ0v) is 45.8. The Morgan fingerprint density at radius 3 is 0.841 bits per heavy atom. The third-order valence-electron chi connectivity index (χ3n) is 13.0. The van der Waals surface area contributed by atoms with Crippen molar-refractivity contribution in [3.63, 3.8) is 0 Å². The first-order valence-electron chi connectivity index (χ1n) is 29.8. The highest BCUT2D eigenvalue weighted by molar-refractivity contribution is 5.71. The summed E-state index contributed by atoms with van der Waals surface area (Å²) in [6.45, 7) is 6.60. The van der Waals surface area contributed by atoms with Gasteiger partial charge in [-0.1, -0.05) is 255 Å². The molecule has 1 atom stereocenters. The van der Waals surface area contributed by atoms with Crippen molar-refractivity contribution >= 4 is 17.9 Å². The minimum absolute atomic E-state index is 0.0833. The van der Waals surface area contributed by atoms with Gasteiger partial charge in [-0.2, -0.15) is 0 Å². The van der Waals surface area contributed by atoms with Crippen LogP contribution in [-0.4, -0.2) is 37.2 Å². The van der Waals surface area contributed by atoms with E-state index in [0.29, 0.717) is 19.3 Å². The molecule has 6 nitrogen and oxygen atoms in total. The van der Waals surface area contributed by atoms with Gasteiger partial charge in [-0.25, -0.2) is 0 Å². The van der Waals surface area contributed by atoms with Gasteiger partial charge in [0, 0.05) is 19.3 Å². The Kier molecular flexibility index (Phi) is 55.3. The molecule has 400 valence electrons. The van der Waals surface area contributed by atoms with Crippen LogP contribution in [0.4, 0.5) is 0 Å². The van der Waals surface area contributed by atoms with E-state index in [2.05, 4.69) is 81.5 Å². The smallest absolute Gasteiger partial charge is 0.306 e. The van der Waals surface area contributed by atoms with Gasteiger partial charge in [0.05, 0.1) is 0 Å². The van der Waals surface area contributed by atoms with Gasteiger partial charge in [-0.05, 0) is 89.9 Å². The summed E-state index contributed by atoms with van der Waals surface area (Å²) in [6, 6.07) is 0. The van der Waals surface area contributed by atoms with Gasteiger partial charge in [-0.15, -0.1) is 0 Å². The Hall–Kier alpha value is -2.89. The summed E-state index contributed by atoms with van der Waals surface area (Å²) in [7, 11) is 0. The van der Waals surface area contributed by atoms with E-state index < -0.39 is 6.10 Å². The van der Waals surface area contributed by atoms with Crippen LogP contribution in [0.3, 0.4) is 0 Å². The molecule has 0 aliphatic rings. The van der Waals surface area contributed by atoms with E-state index in [0.717, 1.165) is 96.3 Å². The largest absolute Gasteiger partial charge is 0.462 e. The summed E-state index contributed by atoms with van der Waals surface area (Å²) in [5.41, 5.74) is 0. The number of ether oxygens (including phenoxy) is 3. The second kappa shape index (κ2) is 57.7. The van der Waals surface area contributed by atoms with Crippen LogP contribution >= 0.6 is 0 Å². The fourth-order valence-electron chi connectivity index (χ4n) is 8.48. The first-order chi connectivity index (χ1) is 34.0. The Balaban J connectivity index is 4.40. The molecule has 69 heavy (non-hydrogen) atoms. The molecule has 0 aliphatic carbocycles. The van der Waals surface area contributed by atoms with E-state index in [1.807, 2.05) is 0 Å². The van der Waals surface area contributed by atoms with Crippen LogP contribution in [-0.2, 0) is 28.6 Å². The van der Waals surface area contributed by atoms with Crippen LogP contribution in [0, 0.1) is 0 Å². The average Bonchev–Trinajstić information content (AvgIpc) is 3.35. The van der Waals surface area contributed by atoms with Crippen molar-refractivity contribution in [3.05, 3.63) is 60.8 Å². The van der Waals surface area contributed by atoms with E-state index in [-0.39, 0.29) is 31.1 Å². The molecule has 0 bridgehead atoms. The number of rotatable bonds is 54. The number of carbonyl (C=O) groups is 3. The van der Waals surface area contributed by atoms with Crippen LogP contribution in [0.2, 0.25) is 0 Å². The molecule has 0 saturated carbocycles. The highest BCUT2D eigenvalue weighted by Crippen LogP contribution is 2.16. The lowest BCUT2D eigenvalue weighted by Gasteiger charge is -2.18. The molecule has 0 aromatic carbocycles. The van der Waals surface area contributed by atoms with Gasteiger partial charge < -0.3 is 14.2 Å². The molecular formula is C63H112O6. The first-order valence-corrected chi connectivity index (χ1v) is 29.8. The maximum atomic E-state index is 12.9. The molecular weight excluding hydrogens is 853 g/mol. The lowest BCUT2D eigenvalue weighted by Crippen LogP contribution is -2.30. The predicted molar refractivity (Wildman–Crippen MR) is 298 cm³/mol. The van der Waals surface area contributed by atoms with Gasteiger partial charge in [0.1, 0.15) is 13.2 Å². The molecule has 0 unspecified atom stereocenters. The summed E-state index contributed by atoms with van der Waals surface area (Å²) in [5, 5.41) is 0. The molecule has 6 heteroatoms. The molecule has 0 fully saturated rings. The second-order valence-electron chi connectivity index (χ2n) is 19.9. The number of esters is 3. The summed E-state index contributed by atoms with van der Waals surface area (Å²) < 4.78 is 16.9. The van der Waals surface area contributed by atoms with E-state index in [1.54, 1.807) is 0 Å². The van der Waals surface area contributed by atoms with Crippen LogP contribution < -0.4 is 0 Å². The normalized spacial score (nSPS) is 12.4. The van der Waals surface area contributed by atoms with E-state index in [4.69, 9.17) is 14.2 Å². The highest BCUT2D eigenvalue weighted by atomic mass is 16.6. The Labute approximate surface area is 428 Å². The summed E-state index contributed by atoms with van der Waals surface area (Å²) in [5.74, 6) is -0.894. The van der Waals surface area contributed by atoms with Crippen molar-refractivity contribution in [3.8, 4) is 0 Å². The molecule has 0 aliphatic heterocycles. The Morgan fingerprint density at radius 1 is 0.290 bits per heavy atom. The monoisotopic (exact) mass is 965 g/mol. The standard InChI is InChI=1S/C63H112O6/c1-4-7-10-13-16-19-22-25-28-30-31-33-35-38-41-44-47-50-53-56-62(65)68-59-60(58-67-61(64)55-52-49-46-43-40-37-34-27-24-21-18-15-12-9-6-3)69-63(66)57-54-51-48-45-42-39-36-32-29-26-23-20-17-14-11-8-5-2/h16,18-19,21,25,27-28,31,33-34,60H,4-15,17,20,22-24,26,29-30,32,35-59H2,1-3H3/b19-16-,21-18-,28-25-,33-31-,34-27-/t60-/m1/s1. The molecule has 0 aromatic rings. The minimum atomic E-state index is -0.784.